The summed E-state index contributed by atoms with van der Waals surface area (Å²) in [4.78, 5) is 3.61. The predicted molar refractivity (Wildman–Crippen MR) is 78.0 cm³/mol. The molecule has 4 heterocycles. The molecule has 2 fully saturated rings. The fourth-order valence-electron chi connectivity index (χ4n) is 3.49. The molecule has 0 bridgehead atoms. The standard InChI is InChI=1S/C13H20N6S/c1-9-15-16-13-19(9)17-12(20-13)11-3-2-8-18(11)10-4-6-14-7-5-10/h10-11,14H,2-8H2,1H3. The van der Waals surface area contributed by atoms with Crippen LogP contribution in [0.3, 0.4) is 0 Å². The first-order valence-electron chi connectivity index (χ1n) is 7.48. The van der Waals surface area contributed by atoms with E-state index in [-0.39, 0.29) is 0 Å². The van der Waals surface area contributed by atoms with Gasteiger partial charge >= 0.3 is 0 Å². The molecule has 0 aliphatic carbocycles. The minimum atomic E-state index is 0.490. The minimum Gasteiger partial charge on any atom is -0.317 e. The first-order chi connectivity index (χ1) is 9.83. The molecule has 1 unspecified atom stereocenters. The smallest absolute Gasteiger partial charge is 0.234 e. The normalized spacial score (nSPS) is 25.8. The van der Waals surface area contributed by atoms with Gasteiger partial charge in [-0.25, -0.2) is 0 Å². The van der Waals surface area contributed by atoms with Gasteiger partial charge in [-0.2, -0.15) is 9.61 Å². The summed E-state index contributed by atoms with van der Waals surface area (Å²) in [5.74, 6) is 0.883. The van der Waals surface area contributed by atoms with Crippen LogP contribution in [-0.2, 0) is 0 Å². The highest BCUT2D eigenvalue weighted by Gasteiger charge is 2.34. The van der Waals surface area contributed by atoms with Gasteiger partial charge in [0.2, 0.25) is 4.96 Å². The molecule has 4 rings (SSSR count). The van der Waals surface area contributed by atoms with Crippen molar-refractivity contribution in [2.24, 2.45) is 0 Å². The van der Waals surface area contributed by atoms with Gasteiger partial charge in [-0.3, -0.25) is 4.90 Å². The molecule has 6 nitrogen and oxygen atoms in total. The third-order valence-corrected chi connectivity index (χ3v) is 5.52. The summed E-state index contributed by atoms with van der Waals surface area (Å²) in [6, 6.07) is 1.21. The summed E-state index contributed by atoms with van der Waals surface area (Å²) in [7, 11) is 0. The van der Waals surface area contributed by atoms with Crippen LogP contribution < -0.4 is 5.32 Å². The number of nitrogens with zero attached hydrogens (tertiary/aromatic N) is 5. The number of hydrogen-bond donors (Lipinski definition) is 1. The Kier molecular flexibility index (Phi) is 3.20. The zero-order valence-corrected chi connectivity index (χ0v) is 12.6. The van der Waals surface area contributed by atoms with E-state index < -0.39 is 0 Å². The molecule has 0 spiro atoms. The van der Waals surface area contributed by atoms with E-state index in [0.29, 0.717) is 6.04 Å². The van der Waals surface area contributed by atoms with Crippen LogP contribution in [0, 0.1) is 6.92 Å². The number of aryl methyl sites for hydroxylation is 1. The topological polar surface area (TPSA) is 58.4 Å². The van der Waals surface area contributed by atoms with Crippen molar-refractivity contribution < 1.29 is 0 Å². The zero-order chi connectivity index (χ0) is 13.5. The molecule has 1 atom stereocenters. The molecule has 0 saturated carbocycles. The van der Waals surface area contributed by atoms with Gasteiger partial charge in [-0.15, -0.1) is 10.2 Å². The molecule has 0 radical (unpaired) electrons. The largest absolute Gasteiger partial charge is 0.317 e. The van der Waals surface area contributed by atoms with Gasteiger partial charge in [0.1, 0.15) is 5.01 Å². The monoisotopic (exact) mass is 292 g/mol. The Morgan fingerprint density at radius 3 is 2.85 bits per heavy atom. The lowest BCUT2D eigenvalue weighted by Crippen LogP contribution is -2.42. The van der Waals surface area contributed by atoms with Crippen LogP contribution in [0.1, 0.15) is 42.6 Å². The second-order valence-electron chi connectivity index (χ2n) is 5.76. The van der Waals surface area contributed by atoms with Crippen LogP contribution in [0.2, 0.25) is 0 Å². The van der Waals surface area contributed by atoms with Crippen molar-refractivity contribution in [1.29, 1.82) is 0 Å². The van der Waals surface area contributed by atoms with E-state index >= 15 is 0 Å². The van der Waals surface area contributed by atoms with E-state index in [0.717, 1.165) is 29.9 Å². The number of piperidine rings is 1. The summed E-state index contributed by atoms with van der Waals surface area (Å²) in [5.41, 5.74) is 0. The van der Waals surface area contributed by atoms with Crippen LogP contribution >= 0.6 is 11.3 Å². The molecule has 1 N–H and O–H groups in total. The van der Waals surface area contributed by atoms with Crippen molar-refractivity contribution >= 4 is 16.3 Å². The average molecular weight is 292 g/mol. The van der Waals surface area contributed by atoms with Crippen molar-refractivity contribution in [3.8, 4) is 0 Å². The second-order valence-corrected chi connectivity index (χ2v) is 6.75. The van der Waals surface area contributed by atoms with Crippen molar-refractivity contribution in [3.63, 3.8) is 0 Å². The van der Waals surface area contributed by atoms with Crippen LogP contribution in [-0.4, -0.2) is 50.4 Å². The highest BCUT2D eigenvalue weighted by Crippen LogP contribution is 2.37. The lowest BCUT2D eigenvalue weighted by atomic mass is 10.0. The molecule has 2 aliphatic rings. The van der Waals surface area contributed by atoms with E-state index in [4.69, 9.17) is 5.10 Å². The quantitative estimate of drug-likeness (QED) is 0.906. The van der Waals surface area contributed by atoms with Crippen molar-refractivity contribution in [2.45, 2.75) is 44.7 Å². The number of likely N-dealkylation sites (tertiary alicyclic amines) is 1. The molecule has 2 aromatic rings. The lowest BCUT2D eigenvalue weighted by molar-refractivity contribution is 0.147. The van der Waals surface area contributed by atoms with Crippen molar-refractivity contribution in [3.05, 3.63) is 10.8 Å². The average Bonchev–Trinajstić information content (AvgIpc) is 3.17. The van der Waals surface area contributed by atoms with Gasteiger partial charge in [-0.05, 0) is 52.2 Å². The maximum atomic E-state index is 4.75. The molecule has 108 valence electrons. The molecule has 20 heavy (non-hydrogen) atoms. The van der Waals surface area contributed by atoms with Gasteiger partial charge in [0.25, 0.3) is 0 Å². The van der Waals surface area contributed by atoms with Gasteiger partial charge in [-0.1, -0.05) is 11.3 Å². The maximum absolute atomic E-state index is 4.75. The molecule has 2 aliphatic heterocycles. The minimum absolute atomic E-state index is 0.490. The van der Waals surface area contributed by atoms with Crippen molar-refractivity contribution in [1.82, 2.24) is 30.0 Å². The fourth-order valence-corrected chi connectivity index (χ4v) is 4.53. The van der Waals surface area contributed by atoms with Crippen LogP contribution in [0.4, 0.5) is 0 Å². The van der Waals surface area contributed by atoms with Crippen LogP contribution in [0.15, 0.2) is 0 Å². The first-order valence-corrected chi connectivity index (χ1v) is 8.30. The Hall–Kier alpha value is -1.05. The van der Waals surface area contributed by atoms with E-state index in [1.54, 1.807) is 11.3 Å². The number of hydrogen-bond acceptors (Lipinski definition) is 6. The van der Waals surface area contributed by atoms with E-state index in [1.807, 2.05) is 11.4 Å². The Labute approximate surface area is 122 Å². The van der Waals surface area contributed by atoms with E-state index in [2.05, 4.69) is 20.4 Å². The third kappa shape index (κ3) is 2.04. The van der Waals surface area contributed by atoms with Gasteiger partial charge in [0, 0.05) is 6.04 Å². The Balaban J connectivity index is 1.62. The predicted octanol–water partition coefficient (Wildman–Crippen LogP) is 1.38. The molecular formula is C13H20N6S. The molecule has 0 aromatic carbocycles. The summed E-state index contributed by atoms with van der Waals surface area (Å²) in [5, 5.41) is 17.7. The Morgan fingerprint density at radius 2 is 2.05 bits per heavy atom. The summed E-state index contributed by atoms with van der Waals surface area (Å²) >= 11 is 1.70. The summed E-state index contributed by atoms with van der Waals surface area (Å²) in [6.07, 6.45) is 5.04. The summed E-state index contributed by atoms with van der Waals surface area (Å²) in [6.45, 7) is 5.48. The van der Waals surface area contributed by atoms with Crippen molar-refractivity contribution in [2.75, 3.05) is 19.6 Å². The Morgan fingerprint density at radius 1 is 1.20 bits per heavy atom. The zero-order valence-electron chi connectivity index (χ0n) is 11.7. The van der Waals surface area contributed by atoms with Gasteiger partial charge < -0.3 is 5.32 Å². The molecular weight excluding hydrogens is 272 g/mol. The Bertz CT molecular complexity index is 599. The van der Waals surface area contributed by atoms with Gasteiger partial charge in [0.05, 0.1) is 6.04 Å². The van der Waals surface area contributed by atoms with E-state index in [9.17, 15) is 0 Å². The SMILES string of the molecule is Cc1nnc2sc(C3CCCN3C3CCNCC3)nn12. The first kappa shape index (κ1) is 12.7. The number of aromatic nitrogens is 4. The number of fused-ring (bicyclic) bond motifs is 1. The second kappa shape index (κ2) is 5.05. The number of nitrogens with one attached hydrogen (secondary N) is 1. The summed E-state index contributed by atoms with van der Waals surface area (Å²) < 4.78 is 1.89. The van der Waals surface area contributed by atoms with Crippen LogP contribution in [0.5, 0.6) is 0 Å². The highest BCUT2D eigenvalue weighted by atomic mass is 32.1. The van der Waals surface area contributed by atoms with Crippen LogP contribution in [0.25, 0.3) is 4.96 Å². The highest BCUT2D eigenvalue weighted by molar-refractivity contribution is 7.16. The maximum Gasteiger partial charge on any atom is 0.234 e. The van der Waals surface area contributed by atoms with E-state index in [1.165, 1.54) is 37.2 Å². The fraction of sp³-hybridized carbons (Fsp3) is 0.769. The number of rotatable bonds is 2. The molecule has 2 aromatic heterocycles. The lowest BCUT2D eigenvalue weighted by Gasteiger charge is -2.34. The molecule has 2 saturated heterocycles. The third-order valence-electron chi connectivity index (χ3n) is 4.52. The molecule has 0 amide bonds. The van der Waals surface area contributed by atoms with Gasteiger partial charge in [0.15, 0.2) is 5.82 Å². The molecule has 7 heteroatoms.